The lowest BCUT2D eigenvalue weighted by atomic mass is 9.90. The summed E-state index contributed by atoms with van der Waals surface area (Å²) in [6.07, 6.45) is 13.7. The summed E-state index contributed by atoms with van der Waals surface area (Å²) in [6, 6.07) is 0.609. The summed E-state index contributed by atoms with van der Waals surface area (Å²) in [6.45, 7) is 3.11. The minimum absolute atomic E-state index is 0.238. The van der Waals surface area contributed by atoms with Crippen molar-refractivity contribution in [3.63, 3.8) is 0 Å². The lowest BCUT2D eigenvalue weighted by Crippen LogP contribution is -2.34. The first-order valence-corrected chi connectivity index (χ1v) is 7.60. The van der Waals surface area contributed by atoms with Crippen molar-refractivity contribution in [1.82, 2.24) is 19.3 Å². The van der Waals surface area contributed by atoms with E-state index in [2.05, 4.69) is 27.8 Å². The number of imidazole rings is 1. The number of hydrogen-bond donors (Lipinski definition) is 1. The van der Waals surface area contributed by atoms with Gasteiger partial charge in [0.1, 0.15) is 0 Å². The van der Waals surface area contributed by atoms with Crippen molar-refractivity contribution in [1.29, 1.82) is 0 Å². The second kappa shape index (κ2) is 5.79. The largest absolute Gasteiger partial charge is 0.326 e. The highest BCUT2D eigenvalue weighted by atomic mass is 15.3. The van der Waals surface area contributed by atoms with E-state index in [1.807, 2.05) is 23.4 Å². The van der Waals surface area contributed by atoms with Gasteiger partial charge in [0.05, 0.1) is 30.5 Å². The van der Waals surface area contributed by atoms with Crippen LogP contribution in [-0.2, 0) is 6.54 Å². The van der Waals surface area contributed by atoms with E-state index in [0.717, 1.165) is 37.1 Å². The molecule has 2 heterocycles. The lowest BCUT2D eigenvalue weighted by molar-refractivity contribution is 0.308. The van der Waals surface area contributed by atoms with Crippen LogP contribution in [0.4, 0.5) is 0 Å². The maximum Gasteiger partial charge on any atom is 0.0954 e. The monoisotopic (exact) mass is 273 g/mol. The topological polar surface area (TPSA) is 61.7 Å². The molecule has 0 aromatic carbocycles. The first-order valence-electron chi connectivity index (χ1n) is 7.60. The highest BCUT2D eigenvalue weighted by Crippen LogP contribution is 2.31. The third kappa shape index (κ3) is 2.50. The van der Waals surface area contributed by atoms with Crippen LogP contribution >= 0.6 is 0 Å². The summed E-state index contributed by atoms with van der Waals surface area (Å²) >= 11 is 0. The normalized spacial score (nSPS) is 23.1. The Morgan fingerprint density at radius 2 is 2.15 bits per heavy atom. The standard InChI is InChI=1S/C15H23N5/c1-2-7-19-10-12(8-18-19)15-9-17-11-20(15)14-6-4-3-5-13(14)16/h8-11,13-14H,2-7,16H2,1H3/t13-,14-/m1/s1. The molecule has 5 heteroatoms. The second-order valence-electron chi connectivity index (χ2n) is 5.69. The van der Waals surface area contributed by atoms with Gasteiger partial charge in [0.2, 0.25) is 0 Å². The molecule has 0 aliphatic heterocycles. The van der Waals surface area contributed by atoms with Crippen molar-refractivity contribution in [2.45, 2.75) is 57.7 Å². The minimum Gasteiger partial charge on any atom is -0.326 e. The van der Waals surface area contributed by atoms with Crippen molar-refractivity contribution in [3.05, 3.63) is 24.9 Å². The van der Waals surface area contributed by atoms with Gasteiger partial charge in [0, 0.05) is 24.3 Å². The van der Waals surface area contributed by atoms with Gasteiger partial charge in [0.15, 0.2) is 0 Å². The smallest absolute Gasteiger partial charge is 0.0954 e. The molecule has 0 saturated heterocycles. The molecule has 0 radical (unpaired) electrons. The fourth-order valence-corrected chi connectivity index (χ4v) is 3.13. The molecule has 0 amide bonds. The summed E-state index contributed by atoms with van der Waals surface area (Å²) in [7, 11) is 0. The molecule has 2 N–H and O–H groups in total. The molecule has 1 saturated carbocycles. The molecule has 1 aliphatic rings. The molecule has 2 aromatic heterocycles. The third-order valence-electron chi connectivity index (χ3n) is 4.19. The second-order valence-corrected chi connectivity index (χ2v) is 5.69. The lowest BCUT2D eigenvalue weighted by Gasteiger charge is -2.30. The fourth-order valence-electron chi connectivity index (χ4n) is 3.13. The number of aryl methyl sites for hydroxylation is 1. The van der Waals surface area contributed by atoms with Crippen molar-refractivity contribution in [2.24, 2.45) is 5.73 Å². The summed E-state index contributed by atoms with van der Waals surface area (Å²) in [4.78, 5) is 4.33. The zero-order chi connectivity index (χ0) is 13.9. The molecule has 5 nitrogen and oxygen atoms in total. The van der Waals surface area contributed by atoms with Crippen LogP contribution in [0.25, 0.3) is 11.3 Å². The van der Waals surface area contributed by atoms with Gasteiger partial charge >= 0.3 is 0 Å². The Morgan fingerprint density at radius 1 is 1.30 bits per heavy atom. The quantitative estimate of drug-likeness (QED) is 0.931. The summed E-state index contributed by atoms with van der Waals surface area (Å²) in [5.41, 5.74) is 8.57. The van der Waals surface area contributed by atoms with E-state index < -0.39 is 0 Å². The molecule has 1 fully saturated rings. The van der Waals surface area contributed by atoms with E-state index in [1.54, 1.807) is 0 Å². The maximum absolute atomic E-state index is 6.30. The third-order valence-corrected chi connectivity index (χ3v) is 4.19. The van der Waals surface area contributed by atoms with Crippen LogP contribution in [0.3, 0.4) is 0 Å². The van der Waals surface area contributed by atoms with Crippen LogP contribution in [-0.4, -0.2) is 25.4 Å². The van der Waals surface area contributed by atoms with E-state index in [1.165, 1.54) is 12.8 Å². The molecule has 0 unspecified atom stereocenters. The Morgan fingerprint density at radius 3 is 2.95 bits per heavy atom. The predicted molar refractivity (Wildman–Crippen MR) is 79.2 cm³/mol. The fraction of sp³-hybridized carbons (Fsp3) is 0.600. The Kier molecular flexibility index (Phi) is 3.87. The van der Waals surface area contributed by atoms with Gasteiger partial charge in [0.25, 0.3) is 0 Å². The molecule has 0 spiro atoms. The minimum atomic E-state index is 0.238. The Hall–Kier alpha value is -1.62. The molecule has 108 valence electrons. The van der Waals surface area contributed by atoms with Crippen LogP contribution in [0.15, 0.2) is 24.9 Å². The summed E-state index contributed by atoms with van der Waals surface area (Å²) < 4.78 is 4.24. The number of nitrogens with zero attached hydrogens (tertiary/aromatic N) is 4. The zero-order valence-corrected chi connectivity index (χ0v) is 12.1. The molecule has 3 rings (SSSR count). The molecule has 0 bridgehead atoms. The van der Waals surface area contributed by atoms with Crippen LogP contribution in [0.5, 0.6) is 0 Å². The molecule has 2 atom stereocenters. The van der Waals surface area contributed by atoms with Crippen molar-refractivity contribution >= 4 is 0 Å². The SMILES string of the molecule is CCCn1cc(-c2cncn2[C@@H]2CCCC[C@H]2N)cn1. The van der Waals surface area contributed by atoms with Crippen molar-refractivity contribution in [2.75, 3.05) is 0 Å². The van der Waals surface area contributed by atoms with Crippen LogP contribution in [0, 0.1) is 0 Å². The average Bonchev–Trinajstić information content (AvgIpc) is 3.08. The average molecular weight is 273 g/mol. The van der Waals surface area contributed by atoms with Gasteiger partial charge in [-0.3, -0.25) is 4.68 Å². The van der Waals surface area contributed by atoms with E-state index in [4.69, 9.17) is 5.73 Å². The maximum atomic E-state index is 6.30. The molecular weight excluding hydrogens is 250 g/mol. The number of aromatic nitrogens is 4. The highest BCUT2D eigenvalue weighted by molar-refractivity contribution is 5.56. The van der Waals surface area contributed by atoms with Gasteiger partial charge in [-0.2, -0.15) is 5.10 Å². The van der Waals surface area contributed by atoms with Crippen LogP contribution < -0.4 is 5.73 Å². The predicted octanol–water partition coefficient (Wildman–Crippen LogP) is 2.60. The van der Waals surface area contributed by atoms with E-state index >= 15 is 0 Å². The molecule has 1 aliphatic carbocycles. The molecular formula is C15H23N5. The highest BCUT2D eigenvalue weighted by Gasteiger charge is 2.25. The number of nitrogens with two attached hydrogens (primary N) is 1. The van der Waals surface area contributed by atoms with E-state index in [-0.39, 0.29) is 6.04 Å². The van der Waals surface area contributed by atoms with Crippen LogP contribution in [0.2, 0.25) is 0 Å². The summed E-state index contributed by atoms with van der Waals surface area (Å²) in [5, 5.41) is 4.41. The van der Waals surface area contributed by atoms with E-state index in [0.29, 0.717) is 6.04 Å². The Balaban J connectivity index is 1.88. The Labute approximate surface area is 119 Å². The molecule has 2 aromatic rings. The van der Waals surface area contributed by atoms with Gasteiger partial charge in [-0.25, -0.2) is 4.98 Å². The van der Waals surface area contributed by atoms with Crippen molar-refractivity contribution in [3.8, 4) is 11.3 Å². The van der Waals surface area contributed by atoms with Crippen LogP contribution in [0.1, 0.15) is 45.1 Å². The molecule has 20 heavy (non-hydrogen) atoms. The number of hydrogen-bond acceptors (Lipinski definition) is 3. The van der Waals surface area contributed by atoms with Crippen molar-refractivity contribution < 1.29 is 0 Å². The first-order chi connectivity index (χ1) is 9.79. The van der Waals surface area contributed by atoms with Gasteiger partial charge < -0.3 is 10.3 Å². The zero-order valence-electron chi connectivity index (χ0n) is 12.1. The first kappa shape index (κ1) is 13.4. The summed E-state index contributed by atoms with van der Waals surface area (Å²) in [5.74, 6) is 0. The van der Waals surface area contributed by atoms with Gasteiger partial charge in [-0.1, -0.05) is 19.8 Å². The van der Waals surface area contributed by atoms with Gasteiger partial charge in [-0.05, 0) is 19.3 Å². The van der Waals surface area contributed by atoms with Gasteiger partial charge in [-0.15, -0.1) is 0 Å². The number of rotatable bonds is 4. The Bertz CT molecular complexity index is 556. The van der Waals surface area contributed by atoms with E-state index in [9.17, 15) is 0 Å².